The van der Waals surface area contributed by atoms with E-state index < -0.39 is 35.6 Å². The molecule has 272 valence electrons. The van der Waals surface area contributed by atoms with Crippen molar-refractivity contribution < 1.29 is 33.1 Å². The number of H-pyrrole nitrogens is 1. The van der Waals surface area contributed by atoms with E-state index in [1.165, 1.54) is 0 Å². The number of amides is 1. The Kier molecular flexibility index (Phi) is 6.52. The van der Waals surface area contributed by atoms with Gasteiger partial charge in [0.15, 0.2) is 23.4 Å². The van der Waals surface area contributed by atoms with E-state index in [0.717, 1.165) is 38.9 Å². The lowest BCUT2D eigenvalue weighted by Crippen LogP contribution is -2.48. The predicted molar refractivity (Wildman–Crippen MR) is 199 cm³/mol. The summed E-state index contributed by atoms with van der Waals surface area (Å²) in [5.41, 5.74) is 8.72. The second kappa shape index (κ2) is 11.3. The molecule has 13 heteroatoms. The van der Waals surface area contributed by atoms with Crippen LogP contribution in [0.1, 0.15) is 58.6 Å². The molecule has 0 fully saturated rings. The molecule has 4 aliphatic heterocycles. The molecule has 7 aromatic rings. The molecule has 11 rings (SSSR count). The largest absolute Gasteiger partial charge is 0.506 e. The van der Waals surface area contributed by atoms with Crippen LogP contribution in [0.5, 0.6) is 11.5 Å². The fraction of sp³-hybridized carbons (Fsp3) is 0.190. The molecule has 4 atom stereocenters. The number of aromatic hydroxyl groups is 1. The van der Waals surface area contributed by atoms with Crippen molar-refractivity contribution >= 4 is 28.5 Å². The number of nitrogens with zero attached hydrogens (tertiary/aromatic N) is 2. The summed E-state index contributed by atoms with van der Waals surface area (Å²) in [6, 6.07) is 22.4. The van der Waals surface area contributed by atoms with Gasteiger partial charge in [-0.05, 0) is 53.8 Å². The van der Waals surface area contributed by atoms with Crippen LogP contribution in [0.4, 0.5) is 5.69 Å². The van der Waals surface area contributed by atoms with E-state index in [1.54, 1.807) is 42.7 Å². The molecule has 0 saturated carbocycles. The summed E-state index contributed by atoms with van der Waals surface area (Å²) in [5.74, 6) is 0.919. The van der Waals surface area contributed by atoms with Gasteiger partial charge in [-0.25, -0.2) is 14.8 Å². The van der Waals surface area contributed by atoms with E-state index >= 15 is 0 Å². The molecule has 0 saturated heterocycles. The maximum Gasteiger partial charge on any atom is 0.356 e. The molecule has 1 amide bonds. The SMILES string of the molecule is CC(C)[C@@H]1NC(=O)[C@@H](NOC(=O)c2ccccc2)Cc2ccc3c(c2)C24c5cccc(c5NC2O3)-c2ccc(O)c3[nH]cc(c23)-c2cnc(o2)-c2nc1oc24. The standard InChI is InChI=1S/C42H32N6O7/c1-19(2)32-39-46-35-36(54-39)42-25-10-6-9-23(22-12-13-28(49)34-31(22)24(17-43-34)30-18-44-38(35)52-30)33(25)47-41(42)53-29-14-11-20(15-26(29)42)16-27(37(50)45-32)48-55-40(51)21-7-4-3-5-8-21/h3-15,17-19,27,32,41,43,47-49H,16H2,1-2H3,(H,45,50)/t27-,32-,41?,42?/m0/s1. The number of oxazole rings is 2. The molecule has 5 N–H and O–H groups in total. The van der Waals surface area contributed by atoms with Crippen LogP contribution in [0.2, 0.25) is 0 Å². The van der Waals surface area contributed by atoms with Crippen molar-refractivity contribution in [1.29, 1.82) is 0 Å². The highest BCUT2D eigenvalue weighted by molar-refractivity contribution is 6.09. The first-order valence-electron chi connectivity index (χ1n) is 18.1. The number of aromatic amines is 1. The van der Waals surface area contributed by atoms with Gasteiger partial charge in [-0.15, -0.1) is 5.48 Å². The Morgan fingerprint density at radius 3 is 2.71 bits per heavy atom. The minimum absolute atomic E-state index is 0.105. The van der Waals surface area contributed by atoms with E-state index in [2.05, 4.69) is 27.2 Å². The van der Waals surface area contributed by atoms with Gasteiger partial charge in [-0.2, -0.15) is 0 Å². The lowest BCUT2D eigenvalue weighted by atomic mass is 9.72. The van der Waals surface area contributed by atoms with E-state index in [0.29, 0.717) is 39.6 Å². The van der Waals surface area contributed by atoms with Gasteiger partial charge in [0.2, 0.25) is 17.7 Å². The van der Waals surface area contributed by atoms with Crippen LogP contribution < -0.4 is 20.9 Å². The topological polar surface area (TPSA) is 177 Å². The van der Waals surface area contributed by atoms with Crippen molar-refractivity contribution in [3.05, 3.63) is 125 Å². The summed E-state index contributed by atoms with van der Waals surface area (Å²) in [7, 11) is 0. The molecule has 4 aromatic carbocycles. The van der Waals surface area contributed by atoms with Crippen molar-refractivity contribution in [1.82, 2.24) is 25.7 Å². The van der Waals surface area contributed by atoms with Crippen molar-refractivity contribution in [3.8, 4) is 45.5 Å². The molecule has 1 spiro atoms. The number of hydrogen-bond acceptors (Lipinski definition) is 11. The summed E-state index contributed by atoms with van der Waals surface area (Å²) in [6.07, 6.45) is 2.94. The molecule has 4 aliphatic rings. The monoisotopic (exact) mass is 732 g/mol. The normalized spacial score (nSPS) is 21.2. The highest BCUT2D eigenvalue weighted by Gasteiger charge is 2.61. The number of carbonyl (C=O) groups is 2. The highest BCUT2D eigenvalue weighted by atomic mass is 16.7. The first-order valence-corrected chi connectivity index (χ1v) is 18.1. The van der Waals surface area contributed by atoms with Crippen LogP contribution >= 0.6 is 0 Å². The molecule has 0 radical (unpaired) electrons. The van der Waals surface area contributed by atoms with Gasteiger partial charge in [-0.1, -0.05) is 62.4 Å². The molecule has 2 unspecified atom stereocenters. The molecule has 10 bridgehead atoms. The first kappa shape index (κ1) is 31.6. The Labute approximate surface area is 312 Å². The summed E-state index contributed by atoms with van der Waals surface area (Å²) >= 11 is 0. The zero-order valence-corrected chi connectivity index (χ0v) is 29.5. The van der Waals surface area contributed by atoms with Gasteiger partial charge >= 0.3 is 5.97 Å². The number of phenols is 1. The second-order valence-electron chi connectivity index (χ2n) is 14.7. The first-order chi connectivity index (χ1) is 26.8. The number of hydroxylamine groups is 1. The van der Waals surface area contributed by atoms with Crippen molar-refractivity contribution in [3.63, 3.8) is 0 Å². The fourth-order valence-corrected chi connectivity index (χ4v) is 8.64. The van der Waals surface area contributed by atoms with Gasteiger partial charge in [0, 0.05) is 39.5 Å². The summed E-state index contributed by atoms with van der Waals surface area (Å²) in [4.78, 5) is 45.9. The van der Waals surface area contributed by atoms with Crippen molar-refractivity contribution in [2.24, 2.45) is 5.92 Å². The summed E-state index contributed by atoms with van der Waals surface area (Å²) in [6.45, 7) is 3.93. The number of fused-ring (bicyclic) bond motifs is 7. The van der Waals surface area contributed by atoms with Crippen molar-refractivity contribution in [2.75, 3.05) is 5.32 Å². The Morgan fingerprint density at radius 1 is 0.982 bits per heavy atom. The minimum atomic E-state index is -1.10. The van der Waals surface area contributed by atoms with Gasteiger partial charge in [0.1, 0.15) is 29.0 Å². The maximum absolute atomic E-state index is 14.2. The molecule has 7 heterocycles. The Balaban J connectivity index is 1.16. The molecule has 55 heavy (non-hydrogen) atoms. The van der Waals surface area contributed by atoms with Gasteiger partial charge in [0.25, 0.3) is 0 Å². The van der Waals surface area contributed by atoms with E-state index in [4.69, 9.17) is 28.4 Å². The zero-order chi connectivity index (χ0) is 37.2. The van der Waals surface area contributed by atoms with Crippen LogP contribution in [0.3, 0.4) is 0 Å². The van der Waals surface area contributed by atoms with E-state index in [1.807, 2.05) is 56.3 Å². The Bertz CT molecular complexity index is 2750. The van der Waals surface area contributed by atoms with Gasteiger partial charge in [0.05, 0.1) is 17.3 Å². The maximum atomic E-state index is 14.2. The minimum Gasteiger partial charge on any atom is -0.506 e. The van der Waals surface area contributed by atoms with Crippen LogP contribution in [-0.4, -0.2) is 44.2 Å². The number of nitrogens with one attached hydrogen (secondary N) is 4. The lowest BCUT2D eigenvalue weighted by molar-refractivity contribution is -0.127. The van der Waals surface area contributed by atoms with E-state index in [-0.39, 0.29) is 29.9 Å². The van der Waals surface area contributed by atoms with Gasteiger partial charge in [-0.3, -0.25) is 4.79 Å². The smallest absolute Gasteiger partial charge is 0.356 e. The number of aromatic nitrogens is 3. The second-order valence-corrected chi connectivity index (χ2v) is 14.7. The fourth-order valence-electron chi connectivity index (χ4n) is 8.64. The number of para-hydroxylation sites is 1. The summed E-state index contributed by atoms with van der Waals surface area (Å²) < 4.78 is 20.4. The third-order valence-electron chi connectivity index (χ3n) is 11.2. The van der Waals surface area contributed by atoms with Crippen LogP contribution in [0, 0.1) is 5.92 Å². The van der Waals surface area contributed by atoms with Crippen LogP contribution in [0.25, 0.3) is 44.9 Å². The van der Waals surface area contributed by atoms with Crippen LogP contribution in [0.15, 0.2) is 100 Å². The molecular weight excluding hydrogens is 700 g/mol. The van der Waals surface area contributed by atoms with Crippen LogP contribution in [-0.2, 0) is 21.5 Å². The molecule has 3 aromatic heterocycles. The average Bonchev–Trinajstić information content (AvgIpc) is 4.02. The number of carbonyl (C=O) groups excluding carboxylic acids is 2. The number of ether oxygens (including phenoxy) is 1. The predicted octanol–water partition coefficient (Wildman–Crippen LogP) is 6.74. The summed E-state index contributed by atoms with van der Waals surface area (Å²) in [5, 5.41) is 18.6. The van der Waals surface area contributed by atoms with Gasteiger partial charge < -0.3 is 39.1 Å². The average molecular weight is 733 g/mol. The number of anilines is 1. The van der Waals surface area contributed by atoms with E-state index in [9.17, 15) is 14.7 Å². The third kappa shape index (κ3) is 4.38. The number of benzene rings is 4. The Morgan fingerprint density at radius 2 is 1.85 bits per heavy atom. The Hall–Kier alpha value is -6.86. The quantitative estimate of drug-likeness (QED) is 0.121. The number of hydrogen-bond donors (Lipinski definition) is 5. The van der Waals surface area contributed by atoms with Crippen molar-refractivity contribution in [2.45, 2.75) is 44.0 Å². The molecule has 13 nitrogen and oxygen atoms in total. The lowest BCUT2D eigenvalue weighted by Gasteiger charge is -2.28. The highest BCUT2D eigenvalue weighted by Crippen LogP contribution is 2.61. The molecule has 0 aliphatic carbocycles. The zero-order valence-electron chi connectivity index (χ0n) is 29.5. The number of rotatable bonds is 4. The number of phenolic OH excluding ortho intramolecular Hbond substituents is 1. The third-order valence-corrected chi connectivity index (χ3v) is 11.2. The molecular formula is C42H32N6O7.